The molecule has 178 valence electrons. The van der Waals surface area contributed by atoms with Gasteiger partial charge in [-0.15, -0.1) is 0 Å². The van der Waals surface area contributed by atoms with Crippen LogP contribution in [0.5, 0.6) is 0 Å². The zero-order valence-corrected chi connectivity index (χ0v) is 18.2. The van der Waals surface area contributed by atoms with Crippen LogP contribution in [0.25, 0.3) is 0 Å². The number of carbonyl (C=O) groups excluding carboxylic acids is 1. The summed E-state index contributed by atoms with van der Waals surface area (Å²) >= 11 is 0. The number of hydrogen-bond acceptors (Lipinski definition) is 2. The molecule has 1 heterocycles. The number of benzene rings is 3. The van der Waals surface area contributed by atoms with Gasteiger partial charge in [0.1, 0.15) is 17.2 Å². The molecule has 3 nitrogen and oxygen atoms in total. The van der Waals surface area contributed by atoms with Crippen molar-refractivity contribution in [2.45, 2.75) is 18.1 Å². The summed E-state index contributed by atoms with van der Waals surface area (Å²) in [5.74, 6) is -2.79. The molecule has 0 saturated heterocycles. The molecule has 3 aromatic carbocycles. The third-order valence-electron chi connectivity index (χ3n) is 5.55. The van der Waals surface area contributed by atoms with Crippen LogP contribution in [-0.2, 0) is 18.1 Å². The first-order valence-corrected chi connectivity index (χ1v) is 10.6. The average Bonchev–Trinajstić information content (AvgIpc) is 2.83. The second-order valence-electron chi connectivity index (χ2n) is 7.97. The Labute approximate surface area is 198 Å². The zero-order valence-electron chi connectivity index (χ0n) is 18.2. The number of aromatic nitrogens is 1. The summed E-state index contributed by atoms with van der Waals surface area (Å²) in [6.45, 7) is 0. The number of nitrogens with zero attached hydrogens (tertiary/aromatic N) is 1. The molecule has 1 atom stereocenters. The number of carbonyl (C=O) groups is 1. The van der Waals surface area contributed by atoms with E-state index in [0.29, 0.717) is 11.6 Å². The highest BCUT2D eigenvalue weighted by Crippen LogP contribution is 2.37. The number of halogens is 5. The lowest BCUT2D eigenvalue weighted by Crippen LogP contribution is -2.49. The van der Waals surface area contributed by atoms with Crippen LogP contribution < -0.4 is 5.32 Å². The fourth-order valence-corrected chi connectivity index (χ4v) is 3.95. The lowest BCUT2D eigenvalue weighted by molar-refractivity contribution is -0.137. The van der Waals surface area contributed by atoms with Crippen molar-refractivity contribution < 1.29 is 26.7 Å². The molecule has 4 aromatic rings. The molecule has 1 unspecified atom stereocenters. The van der Waals surface area contributed by atoms with E-state index in [2.05, 4.69) is 10.3 Å². The Morgan fingerprint density at radius 3 is 2.06 bits per heavy atom. The fourth-order valence-electron chi connectivity index (χ4n) is 3.95. The van der Waals surface area contributed by atoms with Gasteiger partial charge in [0.25, 0.3) is 5.91 Å². The number of alkyl halides is 3. The van der Waals surface area contributed by atoms with Crippen molar-refractivity contribution >= 4 is 5.91 Å². The van der Waals surface area contributed by atoms with Gasteiger partial charge in [0.15, 0.2) is 0 Å². The highest BCUT2D eigenvalue weighted by molar-refractivity contribution is 5.95. The molecule has 1 amide bonds. The minimum atomic E-state index is -4.63. The molecule has 0 aliphatic rings. The Morgan fingerprint density at radius 1 is 0.771 bits per heavy atom. The highest BCUT2D eigenvalue weighted by Gasteiger charge is 2.40. The van der Waals surface area contributed by atoms with E-state index < -0.39 is 34.8 Å². The Hall–Kier alpha value is -4.07. The maximum atomic E-state index is 13.8. The van der Waals surface area contributed by atoms with Gasteiger partial charge < -0.3 is 5.32 Å². The largest absolute Gasteiger partial charge is 0.416 e. The van der Waals surface area contributed by atoms with Crippen molar-refractivity contribution in [1.29, 1.82) is 0 Å². The van der Waals surface area contributed by atoms with Gasteiger partial charge in [-0.2, -0.15) is 13.2 Å². The third kappa shape index (κ3) is 5.37. The number of nitrogens with one attached hydrogen (secondary N) is 1. The van der Waals surface area contributed by atoms with Crippen LogP contribution in [0.4, 0.5) is 22.0 Å². The molecule has 1 aromatic heterocycles. The van der Waals surface area contributed by atoms with E-state index in [1.807, 2.05) is 0 Å². The van der Waals surface area contributed by atoms with Crippen LogP contribution in [-0.4, -0.2) is 10.9 Å². The Balaban J connectivity index is 1.93. The van der Waals surface area contributed by atoms with Crippen molar-refractivity contribution in [2.24, 2.45) is 0 Å². The van der Waals surface area contributed by atoms with E-state index in [1.165, 1.54) is 18.3 Å². The summed E-state index contributed by atoms with van der Waals surface area (Å²) in [6, 6.07) is 20.6. The van der Waals surface area contributed by atoms with Gasteiger partial charge >= 0.3 is 6.18 Å². The third-order valence-corrected chi connectivity index (χ3v) is 5.55. The minimum absolute atomic E-state index is 0.0235. The first kappa shape index (κ1) is 24.1. The molecule has 0 aliphatic heterocycles. The van der Waals surface area contributed by atoms with Crippen LogP contribution in [0, 0.1) is 11.6 Å². The summed E-state index contributed by atoms with van der Waals surface area (Å²) in [7, 11) is 0. The molecule has 8 heteroatoms. The van der Waals surface area contributed by atoms with Crippen molar-refractivity contribution in [3.63, 3.8) is 0 Å². The quantitative estimate of drug-likeness (QED) is 0.328. The maximum absolute atomic E-state index is 13.8. The molecular formula is C27H19F5N2O. The van der Waals surface area contributed by atoms with Crippen LogP contribution in [0.1, 0.15) is 32.7 Å². The zero-order chi connectivity index (χ0) is 25.1. The molecule has 0 spiro atoms. The monoisotopic (exact) mass is 482 g/mol. The van der Waals surface area contributed by atoms with E-state index in [4.69, 9.17) is 0 Å². The van der Waals surface area contributed by atoms with Gasteiger partial charge in [-0.25, -0.2) is 8.78 Å². The lowest BCUT2D eigenvalue weighted by Gasteiger charge is -2.36. The summed E-state index contributed by atoms with van der Waals surface area (Å²) in [5.41, 5.74) is -1.75. The van der Waals surface area contributed by atoms with Gasteiger partial charge in [0.05, 0.1) is 11.3 Å². The molecule has 0 radical (unpaired) electrons. The standard InChI is InChI=1S/C27H19F5N2O/c28-22-13-19(14-23(29)16-22)25(35)34-26(24-11-4-5-12-33-24,17-18-7-2-1-3-8-18)20-9-6-10-21(15-20)27(30,31)32/h1-16H,17H2,(H,34,35). The van der Waals surface area contributed by atoms with Crippen LogP contribution in [0.2, 0.25) is 0 Å². The number of pyridine rings is 1. The molecule has 4 rings (SSSR count). The van der Waals surface area contributed by atoms with Gasteiger partial charge in [-0.3, -0.25) is 9.78 Å². The average molecular weight is 482 g/mol. The van der Waals surface area contributed by atoms with E-state index in [0.717, 1.165) is 24.3 Å². The second kappa shape index (κ2) is 9.66. The Bertz CT molecular complexity index is 1310. The van der Waals surface area contributed by atoms with Gasteiger partial charge in [-0.1, -0.05) is 48.5 Å². The summed E-state index contributed by atoms with van der Waals surface area (Å²) < 4.78 is 68.5. The second-order valence-corrected chi connectivity index (χ2v) is 7.97. The molecule has 0 fully saturated rings. The predicted molar refractivity (Wildman–Crippen MR) is 120 cm³/mol. The van der Waals surface area contributed by atoms with E-state index >= 15 is 0 Å². The minimum Gasteiger partial charge on any atom is -0.337 e. The molecule has 1 N–H and O–H groups in total. The SMILES string of the molecule is O=C(NC(Cc1ccccc1)(c1cccc(C(F)(F)F)c1)c1ccccn1)c1cc(F)cc(F)c1. The Kier molecular flexibility index (Phi) is 6.64. The maximum Gasteiger partial charge on any atom is 0.416 e. The van der Waals surface area contributed by atoms with E-state index in [-0.39, 0.29) is 23.2 Å². The first-order chi connectivity index (χ1) is 16.7. The molecule has 0 aliphatic carbocycles. The molecule has 35 heavy (non-hydrogen) atoms. The molecule has 0 saturated carbocycles. The van der Waals surface area contributed by atoms with Crippen molar-refractivity contribution in [1.82, 2.24) is 10.3 Å². The lowest BCUT2D eigenvalue weighted by atomic mass is 9.79. The summed E-state index contributed by atoms with van der Waals surface area (Å²) in [6.07, 6.45) is -3.15. The smallest absolute Gasteiger partial charge is 0.337 e. The van der Waals surface area contributed by atoms with Crippen LogP contribution >= 0.6 is 0 Å². The number of rotatable bonds is 6. The van der Waals surface area contributed by atoms with Crippen LogP contribution in [0.15, 0.2) is 97.2 Å². The highest BCUT2D eigenvalue weighted by atomic mass is 19.4. The van der Waals surface area contributed by atoms with Gasteiger partial charge in [0.2, 0.25) is 0 Å². The van der Waals surface area contributed by atoms with Crippen LogP contribution in [0.3, 0.4) is 0 Å². The van der Waals surface area contributed by atoms with Crippen molar-refractivity contribution in [3.05, 3.63) is 137 Å². The van der Waals surface area contributed by atoms with Crippen molar-refractivity contribution in [3.8, 4) is 0 Å². The predicted octanol–water partition coefficient (Wildman–Crippen LogP) is 6.29. The van der Waals surface area contributed by atoms with Gasteiger partial charge in [0, 0.05) is 24.2 Å². The van der Waals surface area contributed by atoms with E-state index in [9.17, 15) is 26.7 Å². The topological polar surface area (TPSA) is 42.0 Å². The normalized spacial score (nSPS) is 13.2. The molecular weight excluding hydrogens is 463 g/mol. The number of amides is 1. The molecule has 0 bridgehead atoms. The van der Waals surface area contributed by atoms with E-state index in [1.54, 1.807) is 48.5 Å². The van der Waals surface area contributed by atoms with Gasteiger partial charge in [-0.05, 0) is 47.5 Å². The fraction of sp³-hybridized carbons (Fsp3) is 0.111. The van der Waals surface area contributed by atoms with Crippen molar-refractivity contribution in [2.75, 3.05) is 0 Å². The Morgan fingerprint density at radius 2 is 1.43 bits per heavy atom. The first-order valence-electron chi connectivity index (χ1n) is 10.6. The summed E-state index contributed by atoms with van der Waals surface area (Å²) in [5, 5.41) is 2.76. The number of hydrogen-bond donors (Lipinski definition) is 1. The summed E-state index contributed by atoms with van der Waals surface area (Å²) in [4.78, 5) is 17.6.